The minimum absolute atomic E-state index is 0.0607. The number of aryl methyl sites for hydroxylation is 1. The Bertz CT molecular complexity index is 705. The zero-order valence-electron chi connectivity index (χ0n) is 13.2. The summed E-state index contributed by atoms with van der Waals surface area (Å²) in [6.07, 6.45) is 3.35. The lowest BCUT2D eigenvalue weighted by molar-refractivity contribution is 0.406. The van der Waals surface area contributed by atoms with Gasteiger partial charge in [-0.2, -0.15) is 0 Å². The molecule has 2 aromatic heterocycles. The minimum Gasteiger partial charge on any atom is -0.496 e. The maximum atomic E-state index is 12.1. The van der Waals surface area contributed by atoms with E-state index in [-0.39, 0.29) is 11.5 Å². The summed E-state index contributed by atoms with van der Waals surface area (Å²) in [5, 5.41) is 0. The van der Waals surface area contributed by atoms with Crippen LogP contribution in [0.4, 0.5) is 0 Å². The Hall–Kier alpha value is -2.17. The van der Waals surface area contributed by atoms with Crippen LogP contribution in [0.3, 0.4) is 0 Å². The van der Waals surface area contributed by atoms with Crippen LogP contribution in [0.1, 0.15) is 42.3 Å². The minimum atomic E-state index is -0.0607. The van der Waals surface area contributed by atoms with E-state index < -0.39 is 0 Å². The molecule has 0 unspecified atom stereocenters. The molecule has 0 bridgehead atoms. The third kappa shape index (κ3) is 3.12. The largest absolute Gasteiger partial charge is 0.496 e. The summed E-state index contributed by atoms with van der Waals surface area (Å²) in [4.78, 5) is 20.9. The van der Waals surface area contributed by atoms with Crippen molar-refractivity contribution in [2.75, 3.05) is 7.11 Å². The van der Waals surface area contributed by atoms with Gasteiger partial charge >= 0.3 is 0 Å². The second kappa shape index (κ2) is 6.08. The second-order valence-electron chi connectivity index (χ2n) is 5.48. The van der Waals surface area contributed by atoms with E-state index in [2.05, 4.69) is 9.97 Å². The number of rotatable bonds is 4. The van der Waals surface area contributed by atoms with Crippen LogP contribution in [0.5, 0.6) is 5.75 Å². The van der Waals surface area contributed by atoms with Gasteiger partial charge in [0.1, 0.15) is 5.75 Å². The molecule has 0 radical (unpaired) electrons. The van der Waals surface area contributed by atoms with Gasteiger partial charge in [0.05, 0.1) is 31.4 Å². The highest BCUT2D eigenvalue weighted by atomic mass is 16.5. The van der Waals surface area contributed by atoms with Gasteiger partial charge in [-0.1, -0.05) is 13.8 Å². The molecule has 2 heterocycles. The number of nitrogens with zero attached hydrogens (tertiary/aromatic N) is 3. The Morgan fingerprint density at radius 1 is 1.29 bits per heavy atom. The van der Waals surface area contributed by atoms with Crippen molar-refractivity contribution in [1.29, 1.82) is 0 Å². The van der Waals surface area contributed by atoms with E-state index in [9.17, 15) is 4.79 Å². The van der Waals surface area contributed by atoms with Gasteiger partial charge in [0.2, 0.25) is 0 Å². The highest BCUT2D eigenvalue weighted by Crippen LogP contribution is 2.24. The quantitative estimate of drug-likeness (QED) is 0.866. The van der Waals surface area contributed by atoms with Crippen LogP contribution in [0.25, 0.3) is 0 Å². The molecule has 0 atom stereocenters. The van der Waals surface area contributed by atoms with Gasteiger partial charge in [0.15, 0.2) is 0 Å². The fraction of sp³-hybridized carbons (Fsp3) is 0.438. The molecule has 5 nitrogen and oxygen atoms in total. The van der Waals surface area contributed by atoms with Gasteiger partial charge in [0, 0.05) is 23.4 Å². The van der Waals surface area contributed by atoms with Gasteiger partial charge in [-0.25, -0.2) is 4.98 Å². The topological polar surface area (TPSA) is 57.0 Å². The van der Waals surface area contributed by atoms with E-state index in [1.54, 1.807) is 30.3 Å². The molecular weight excluding hydrogens is 266 g/mol. The third-order valence-electron chi connectivity index (χ3n) is 3.56. The number of hydrogen-bond acceptors (Lipinski definition) is 4. The second-order valence-corrected chi connectivity index (χ2v) is 5.48. The zero-order valence-corrected chi connectivity index (χ0v) is 13.2. The molecule has 2 rings (SSSR count). The van der Waals surface area contributed by atoms with Crippen LogP contribution >= 0.6 is 0 Å². The Morgan fingerprint density at radius 2 is 2.00 bits per heavy atom. The third-order valence-corrected chi connectivity index (χ3v) is 3.56. The molecule has 112 valence electrons. The molecule has 2 aromatic rings. The summed E-state index contributed by atoms with van der Waals surface area (Å²) in [6.45, 7) is 8.33. The molecule has 0 saturated carbocycles. The van der Waals surface area contributed by atoms with Crippen LogP contribution in [0.15, 0.2) is 23.4 Å². The van der Waals surface area contributed by atoms with Crippen molar-refractivity contribution in [3.05, 3.63) is 51.5 Å². The Morgan fingerprint density at radius 3 is 2.57 bits per heavy atom. The van der Waals surface area contributed by atoms with Crippen LogP contribution in [0.2, 0.25) is 0 Å². The standard InChI is InChI=1S/C16H21N3O2/c1-10(2)13-6-15(20)19(9-18-13)8-14-12(4)16(21-5)11(3)7-17-14/h6-7,9-10H,8H2,1-5H3. The average molecular weight is 287 g/mol. The fourth-order valence-corrected chi connectivity index (χ4v) is 2.27. The van der Waals surface area contributed by atoms with Crippen molar-refractivity contribution < 1.29 is 4.74 Å². The molecule has 0 aromatic carbocycles. The van der Waals surface area contributed by atoms with E-state index in [0.29, 0.717) is 6.54 Å². The Balaban J connectivity index is 2.37. The number of aromatic nitrogens is 3. The maximum absolute atomic E-state index is 12.1. The summed E-state index contributed by atoms with van der Waals surface area (Å²) in [7, 11) is 1.64. The first-order chi connectivity index (χ1) is 9.93. The van der Waals surface area contributed by atoms with Gasteiger partial charge < -0.3 is 4.74 Å². The van der Waals surface area contributed by atoms with Crippen molar-refractivity contribution in [1.82, 2.24) is 14.5 Å². The first kappa shape index (κ1) is 15.2. The van der Waals surface area contributed by atoms with Gasteiger partial charge in [-0.3, -0.25) is 14.3 Å². The van der Waals surface area contributed by atoms with Crippen LogP contribution < -0.4 is 10.3 Å². The SMILES string of the molecule is COc1c(C)cnc(Cn2cnc(C(C)C)cc2=O)c1C. The lowest BCUT2D eigenvalue weighted by Gasteiger charge is -2.13. The van der Waals surface area contributed by atoms with E-state index in [1.165, 1.54) is 0 Å². The molecule has 0 amide bonds. The van der Waals surface area contributed by atoms with Crippen molar-refractivity contribution in [3.63, 3.8) is 0 Å². The van der Waals surface area contributed by atoms with E-state index >= 15 is 0 Å². The highest BCUT2D eigenvalue weighted by Gasteiger charge is 2.11. The number of ether oxygens (including phenoxy) is 1. The first-order valence-electron chi connectivity index (χ1n) is 6.99. The fourth-order valence-electron chi connectivity index (χ4n) is 2.27. The van der Waals surface area contributed by atoms with Crippen molar-refractivity contribution in [2.24, 2.45) is 0 Å². The lowest BCUT2D eigenvalue weighted by Crippen LogP contribution is -2.22. The molecule has 0 aliphatic carbocycles. The van der Waals surface area contributed by atoms with E-state index in [4.69, 9.17) is 4.74 Å². The average Bonchev–Trinajstić information content (AvgIpc) is 2.44. The van der Waals surface area contributed by atoms with Crippen LogP contribution in [-0.2, 0) is 6.54 Å². The monoisotopic (exact) mass is 287 g/mol. The normalized spacial score (nSPS) is 11.0. The first-order valence-corrected chi connectivity index (χ1v) is 6.99. The Kier molecular flexibility index (Phi) is 4.40. The molecule has 21 heavy (non-hydrogen) atoms. The molecular formula is C16H21N3O2. The smallest absolute Gasteiger partial charge is 0.253 e. The molecule has 0 saturated heterocycles. The lowest BCUT2D eigenvalue weighted by atomic mass is 10.1. The highest BCUT2D eigenvalue weighted by molar-refractivity contribution is 5.41. The molecule has 0 spiro atoms. The number of methoxy groups -OCH3 is 1. The molecule has 0 aliphatic heterocycles. The van der Waals surface area contributed by atoms with Crippen molar-refractivity contribution >= 4 is 0 Å². The molecule has 0 N–H and O–H groups in total. The van der Waals surface area contributed by atoms with Crippen LogP contribution in [0, 0.1) is 13.8 Å². The van der Waals surface area contributed by atoms with Gasteiger partial charge in [0.25, 0.3) is 5.56 Å². The van der Waals surface area contributed by atoms with E-state index in [1.807, 2.05) is 27.7 Å². The van der Waals surface area contributed by atoms with E-state index in [0.717, 1.165) is 28.3 Å². The molecule has 0 fully saturated rings. The predicted molar refractivity (Wildman–Crippen MR) is 82.0 cm³/mol. The zero-order chi connectivity index (χ0) is 15.6. The summed E-state index contributed by atoms with van der Waals surface area (Å²) in [5.74, 6) is 1.06. The van der Waals surface area contributed by atoms with Crippen molar-refractivity contribution in [2.45, 2.75) is 40.2 Å². The van der Waals surface area contributed by atoms with Gasteiger partial charge in [-0.05, 0) is 19.8 Å². The van der Waals surface area contributed by atoms with Crippen LogP contribution in [-0.4, -0.2) is 21.6 Å². The summed E-state index contributed by atoms with van der Waals surface area (Å²) >= 11 is 0. The van der Waals surface area contributed by atoms with Gasteiger partial charge in [-0.15, -0.1) is 0 Å². The summed E-state index contributed by atoms with van der Waals surface area (Å²) in [5.41, 5.74) is 3.51. The summed E-state index contributed by atoms with van der Waals surface area (Å²) < 4.78 is 6.96. The predicted octanol–water partition coefficient (Wildman–Crippen LogP) is 2.44. The maximum Gasteiger partial charge on any atom is 0.253 e. The Labute approximate surface area is 124 Å². The molecule has 5 heteroatoms. The number of pyridine rings is 1. The van der Waals surface area contributed by atoms with Crippen molar-refractivity contribution in [3.8, 4) is 5.75 Å². The molecule has 0 aliphatic rings. The number of hydrogen-bond donors (Lipinski definition) is 0. The summed E-state index contributed by atoms with van der Waals surface area (Å²) in [6, 6.07) is 1.59.